The minimum atomic E-state index is -4.35. The number of nitrogen functional groups attached to an aromatic ring is 2. The van der Waals surface area contributed by atoms with Crippen LogP contribution < -0.4 is 16.4 Å². The highest BCUT2D eigenvalue weighted by Gasteiger charge is 2.52. The molecule has 4 aromatic rings. The molecule has 7 heterocycles. The molecule has 6 N–H and O–H groups in total. The molecule has 0 bridgehead atoms. The third-order valence-electron chi connectivity index (χ3n) is 7.55. The van der Waals surface area contributed by atoms with Gasteiger partial charge in [-0.15, -0.1) is 0 Å². The van der Waals surface area contributed by atoms with Crippen LogP contribution >= 0.6 is 25.8 Å². The van der Waals surface area contributed by atoms with Crippen molar-refractivity contribution < 1.29 is 47.2 Å². The summed E-state index contributed by atoms with van der Waals surface area (Å²) in [5.41, 5.74) is 12.6. The maximum Gasteiger partial charge on any atom is 0.386 e. The fraction of sp³-hybridized carbons (Fsp3) is 0.455. The molecule has 3 aliphatic heterocycles. The first-order valence-corrected chi connectivity index (χ1v) is 18.3. The second-order valence-electron chi connectivity index (χ2n) is 10.2. The molecule has 2 unspecified atom stereocenters. The van der Waals surface area contributed by atoms with Gasteiger partial charge in [-0.3, -0.25) is 9.05 Å². The minimum absolute atomic E-state index is 0.212. The van der Waals surface area contributed by atoms with Gasteiger partial charge < -0.3 is 54.2 Å². The first kappa shape index (κ1) is 30.4. The van der Waals surface area contributed by atoms with E-state index in [1.54, 1.807) is 24.5 Å². The van der Waals surface area contributed by atoms with Crippen molar-refractivity contribution in [3.05, 3.63) is 37.2 Å². The Labute approximate surface area is 258 Å². The van der Waals surface area contributed by atoms with E-state index >= 15 is 0 Å². The predicted octanol–water partition coefficient (Wildman–Crippen LogP) is -0.00290. The highest BCUT2D eigenvalue weighted by atomic mass is 32.7. The van der Waals surface area contributed by atoms with Gasteiger partial charge in [0.2, 0.25) is 0 Å². The zero-order chi connectivity index (χ0) is 31.0. The molecule has 22 heteroatoms. The average Bonchev–Trinajstić information content (AvgIpc) is 3.73. The molecule has 10 atom stereocenters. The lowest BCUT2D eigenvalue weighted by Crippen LogP contribution is -2.39. The predicted molar refractivity (Wildman–Crippen MR) is 156 cm³/mol. The molecule has 236 valence electrons. The van der Waals surface area contributed by atoms with Gasteiger partial charge in [0.25, 0.3) is 0 Å². The van der Waals surface area contributed by atoms with Crippen molar-refractivity contribution >= 4 is 71.3 Å². The molecule has 44 heavy (non-hydrogen) atoms. The maximum atomic E-state index is 13.4. The topological polar surface area (TPSA) is 249 Å². The van der Waals surface area contributed by atoms with E-state index in [1.807, 2.05) is 0 Å². The molecule has 0 spiro atoms. The van der Waals surface area contributed by atoms with Gasteiger partial charge in [0.1, 0.15) is 78.9 Å². The molecule has 0 aromatic carbocycles. The number of thiol groups is 1. The first-order valence-electron chi connectivity index (χ1n) is 13.0. The zero-order valence-electron chi connectivity index (χ0n) is 22.2. The minimum Gasteiger partial charge on any atom is -0.780 e. The molecule has 0 aliphatic carbocycles. The summed E-state index contributed by atoms with van der Waals surface area (Å²) in [5.74, 6) is 0.424. The molecule has 18 nitrogen and oxygen atoms in total. The van der Waals surface area contributed by atoms with Crippen LogP contribution in [0.1, 0.15) is 12.5 Å². The van der Waals surface area contributed by atoms with Crippen LogP contribution in [-0.2, 0) is 43.9 Å². The van der Waals surface area contributed by atoms with E-state index in [1.165, 1.54) is 21.8 Å². The van der Waals surface area contributed by atoms with Crippen molar-refractivity contribution in [2.24, 2.45) is 0 Å². The van der Waals surface area contributed by atoms with Crippen molar-refractivity contribution in [3.8, 4) is 0 Å². The number of rotatable bonds is 2. The number of anilines is 2. The van der Waals surface area contributed by atoms with Gasteiger partial charge in [0.15, 0.2) is 12.5 Å². The Hall–Kier alpha value is -2.29. The molecule has 7 rings (SSSR count). The lowest BCUT2D eigenvalue weighted by Gasteiger charge is -2.35. The molecule has 0 amide bonds. The van der Waals surface area contributed by atoms with E-state index in [-0.39, 0.29) is 11.6 Å². The number of aliphatic hydroxyl groups excluding tert-OH is 2. The largest absolute Gasteiger partial charge is 0.780 e. The summed E-state index contributed by atoms with van der Waals surface area (Å²) in [4.78, 5) is 29.7. The van der Waals surface area contributed by atoms with Crippen molar-refractivity contribution in [2.75, 3.05) is 24.7 Å². The van der Waals surface area contributed by atoms with Gasteiger partial charge in [0, 0.05) is 12.4 Å². The third-order valence-corrected chi connectivity index (χ3v) is 10.7. The Morgan fingerprint density at radius 3 is 1.86 bits per heavy atom. The van der Waals surface area contributed by atoms with E-state index in [2.05, 4.69) is 32.2 Å². The summed E-state index contributed by atoms with van der Waals surface area (Å²) in [6.07, 6.45) is -4.67. The second kappa shape index (κ2) is 11.2. The van der Waals surface area contributed by atoms with Crippen molar-refractivity contribution in [1.82, 2.24) is 29.1 Å². The number of hydrogen-bond acceptors (Lipinski definition) is 17. The summed E-state index contributed by atoms with van der Waals surface area (Å²) in [5, 5.41) is 23.5. The summed E-state index contributed by atoms with van der Waals surface area (Å²) >= 11 is 9.25. The molecule has 0 saturated carbocycles. The van der Waals surface area contributed by atoms with E-state index in [0.717, 1.165) is 0 Å². The van der Waals surface area contributed by atoms with Crippen molar-refractivity contribution in [1.29, 1.82) is 0 Å². The molecule has 3 saturated heterocycles. The summed E-state index contributed by atoms with van der Waals surface area (Å²) < 4.78 is 50.7. The number of fused-ring (bicyclic) bond motifs is 4. The third kappa shape index (κ3) is 5.32. The second-order valence-corrected chi connectivity index (χ2v) is 15.8. The van der Waals surface area contributed by atoms with Crippen LogP contribution in [0.2, 0.25) is 0 Å². The Kier molecular flexibility index (Phi) is 7.73. The fourth-order valence-electron chi connectivity index (χ4n) is 5.52. The summed E-state index contributed by atoms with van der Waals surface area (Å²) in [6, 6.07) is 3.27. The quantitative estimate of drug-likeness (QED) is 0.137. The molecular formula is C22H25N8O10P2S2-. The summed E-state index contributed by atoms with van der Waals surface area (Å²) in [7, 11) is 0. The Morgan fingerprint density at radius 1 is 0.864 bits per heavy atom. The maximum absolute atomic E-state index is 13.4. The number of aromatic nitrogens is 6. The highest BCUT2D eigenvalue weighted by Crippen LogP contribution is 2.58. The van der Waals surface area contributed by atoms with Crippen LogP contribution in [0, 0.1) is 0 Å². The fourth-order valence-corrected chi connectivity index (χ4v) is 8.44. The van der Waals surface area contributed by atoms with Gasteiger partial charge in [-0.25, -0.2) is 24.5 Å². The first-order chi connectivity index (χ1) is 20.9. The van der Waals surface area contributed by atoms with Crippen LogP contribution in [0.15, 0.2) is 37.2 Å². The number of nitrogens with zero attached hydrogens (tertiary/aromatic N) is 6. The lowest BCUT2D eigenvalue weighted by atomic mass is 10.1. The van der Waals surface area contributed by atoms with Crippen molar-refractivity contribution in [3.63, 3.8) is 0 Å². The summed E-state index contributed by atoms with van der Waals surface area (Å²) in [6.45, 7) is -9.63. The SMILES string of the molecule is Nc1ncnc2c1ccn2[C@@H]1O[C@@H]2COP([O-])(=S)O[C@H]3[C@@H](O)[C@H](n4ccc5c(N)ncnc54)O[C@@H]3COP(=O)(S)O[C@H]2[C@H]1O. The van der Waals surface area contributed by atoms with Gasteiger partial charge in [-0.05, 0) is 12.1 Å². The van der Waals surface area contributed by atoms with Crippen LogP contribution in [0.4, 0.5) is 11.6 Å². The highest BCUT2D eigenvalue weighted by molar-refractivity contribution is 8.44. The number of nitrogens with two attached hydrogens (primary N) is 2. The normalized spacial score (nSPS) is 38.3. The number of ether oxygens (including phenoxy) is 2. The Balaban J connectivity index is 1.17. The van der Waals surface area contributed by atoms with Crippen molar-refractivity contribution in [2.45, 2.75) is 49.1 Å². The standard InChI is InChI=1S/C22H26N8O10P2S2/c23-17-9-1-3-29(19(9)27-7-25-17)21-13(31)15-11(37-21)5-35-42(34,44)40-16-12(6-36-41(33,43)39-15)38-22(14(16)32)30-4-2-10-18(24)26-8-28-20(10)30/h1-4,7-8,11-16,21-22,31-32H,5-6H2,(H,33,43)(H,34,44)(H2,23,25,27)(H2,24,26,28)/p-1/t11-,12-,13-,14-,15-,16-,21-,22-,41?,42?/m1/s1. The molecular weight excluding hydrogens is 662 g/mol. The van der Waals surface area contributed by atoms with Crippen LogP contribution in [0.25, 0.3) is 22.1 Å². The van der Waals surface area contributed by atoms with Crippen LogP contribution in [0.3, 0.4) is 0 Å². The smallest absolute Gasteiger partial charge is 0.386 e. The van der Waals surface area contributed by atoms with E-state index in [4.69, 9.17) is 50.8 Å². The van der Waals surface area contributed by atoms with Gasteiger partial charge in [-0.1, -0.05) is 24.1 Å². The Morgan fingerprint density at radius 2 is 1.34 bits per heavy atom. The van der Waals surface area contributed by atoms with Crippen LogP contribution in [-0.4, -0.2) is 89.1 Å². The van der Waals surface area contributed by atoms with Crippen LogP contribution in [0.5, 0.6) is 0 Å². The molecule has 4 aromatic heterocycles. The lowest BCUT2D eigenvalue weighted by molar-refractivity contribution is -0.218. The van der Waals surface area contributed by atoms with Gasteiger partial charge in [-0.2, -0.15) is 0 Å². The van der Waals surface area contributed by atoms with Gasteiger partial charge >= 0.3 is 6.80 Å². The monoisotopic (exact) mass is 687 g/mol. The zero-order valence-corrected chi connectivity index (χ0v) is 25.7. The van der Waals surface area contributed by atoms with E-state index in [0.29, 0.717) is 22.1 Å². The van der Waals surface area contributed by atoms with E-state index < -0.39 is 75.8 Å². The number of aliphatic hydroxyl groups is 2. The molecule has 0 radical (unpaired) electrons. The Bertz CT molecular complexity index is 1700. The molecule has 3 aliphatic rings. The molecule has 3 fully saturated rings. The van der Waals surface area contributed by atoms with E-state index in [9.17, 15) is 19.7 Å². The average molecular weight is 688 g/mol. The van der Waals surface area contributed by atoms with Gasteiger partial charge in [0.05, 0.1) is 24.0 Å². The number of hydrogen-bond donors (Lipinski definition) is 5.